The first-order valence-electron chi connectivity index (χ1n) is 8.82. The summed E-state index contributed by atoms with van der Waals surface area (Å²) >= 11 is 5.85. The normalized spacial score (nSPS) is 16.3. The molecule has 0 aliphatic carbocycles. The number of rotatable bonds is 7. The van der Waals surface area contributed by atoms with Crippen molar-refractivity contribution in [3.8, 4) is 11.5 Å². The monoisotopic (exact) mass is 376 g/mol. The highest BCUT2D eigenvalue weighted by Crippen LogP contribution is 2.20. The van der Waals surface area contributed by atoms with Crippen LogP contribution in [0.1, 0.15) is 0 Å². The van der Waals surface area contributed by atoms with Crippen LogP contribution in [0.4, 0.5) is 5.69 Å². The zero-order valence-electron chi connectivity index (χ0n) is 15.0. The number of piperazine rings is 1. The van der Waals surface area contributed by atoms with E-state index in [1.807, 2.05) is 24.3 Å². The summed E-state index contributed by atoms with van der Waals surface area (Å²) in [5.74, 6) is 1.59. The smallest absolute Gasteiger partial charge is 0.119 e. The highest BCUT2D eigenvalue weighted by molar-refractivity contribution is 6.30. The van der Waals surface area contributed by atoms with Crippen molar-refractivity contribution in [1.82, 2.24) is 4.90 Å². The number of halogens is 1. The van der Waals surface area contributed by atoms with E-state index in [0.29, 0.717) is 11.6 Å². The largest absolute Gasteiger partial charge is 0.497 e. The fraction of sp³-hybridized carbons (Fsp3) is 0.400. The molecule has 1 atom stereocenters. The molecule has 1 N–H and O–H groups in total. The number of hydrogen-bond acceptors (Lipinski definition) is 5. The Labute approximate surface area is 159 Å². The van der Waals surface area contributed by atoms with Gasteiger partial charge in [-0.3, -0.25) is 4.90 Å². The second kappa shape index (κ2) is 9.12. The first kappa shape index (κ1) is 18.8. The Morgan fingerprint density at radius 3 is 2.19 bits per heavy atom. The van der Waals surface area contributed by atoms with Crippen LogP contribution in [-0.2, 0) is 0 Å². The molecule has 0 radical (unpaired) electrons. The number of β-amino-alcohol motifs (C(OH)–C–C–N with tert-alkyl or cyclic N) is 1. The molecule has 1 fully saturated rings. The molecule has 26 heavy (non-hydrogen) atoms. The Kier molecular flexibility index (Phi) is 6.61. The lowest BCUT2D eigenvalue weighted by Gasteiger charge is -2.36. The van der Waals surface area contributed by atoms with Crippen LogP contribution in [0, 0.1) is 0 Å². The summed E-state index contributed by atoms with van der Waals surface area (Å²) < 4.78 is 10.8. The van der Waals surface area contributed by atoms with E-state index in [9.17, 15) is 5.11 Å². The zero-order chi connectivity index (χ0) is 18.4. The van der Waals surface area contributed by atoms with E-state index in [2.05, 4.69) is 21.9 Å². The molecule has 3 rings (SSSR count). The molecular formula is C20H25ClN2O3. The summed E-state index contributed by atoms with van der Waals surface area (Å²) in [6, 6.07) is 15.3. The fourth-order valence-corrected chi connectivity index (χ4v) is 3.18. The number of aliphatic hydroxyl groups excluding tert-OH is 1. The van der Waals surface area contributed by atoms with Crippen LogP contribution in [0.2, 0.25) is 5.02 Å². The first-order chi connectivity index (χ1) is 12.6. The molecule has 140 valence electrons. The maximum absolute atomic E-state index is 10.2. The minimum atomic E-state index is -0.516. The van der Waals surface area contributed by atoms with Crippen molar-refractivity contribution in [2.45, 2.75) is 6.10 Å². The van der Waals surface area contributed by atoms with E-state index >= 15 is 0 Å². The van der Waals surface area contributed by atoms with E-state index in [0.717, 1.165) is 37.7 Å². The molecule has 1 heterocycles. The van der Waals surface area contributed by atoms with Gasteiger partial charge in [-0.2, -0.15) is 0 Å². The van der Waals surface area contributed by atoms with Crippen molar-refractivity contribution in [3.63, 3.8) is 0 Å². The van der Waals surface area contributed by atoms with Crippen molar-refractivity contribution in [2.75, 3.05) is 51.3 Å². The number of ether oxygens (including phenoxy) is 2. The van der Waals surface area contributed by atoms with Gasteiger partial charge in [-0.05, 0) is 48.5 Å². The summed E-state index contributed by atoms with van der Waals surface area (Å²) in [4.78, 5) is 4.63. The number of nitrogens with zero attached hydrogens (tertiary/aromatic N) is 2. The molecule has 1 saturated heterocycles. The van der Waals surface area contributed by atoms with Gasteiger partial charge in [0.15, 0.2) is 0 Å². The lowest BCUT2D eigenvalue weighted by atomic mass is 10.2. The van der Waals surface area contributed by atoms with Gasteiger partial charge in [0.05, 0.1) is 7.11 Å². The molecule has 0 bridgehead atoms. The Morgan fingerprint density at radius 1 is 0.962 bits per heavy atom. The standard InChI is InChI=1S/C20H25ClN2O3/c1-25-19-8-4-17(5-9-19)23-12-10-22(11-13-23)14-18(24)15-26-20-6-2-16(21)3-7-20/h2-9,18,24H,10-15H2,1H3. The van der Waals surface area contributed by atoms with Crippen molar-refractivity contribution >= 4 is 17.3 Å². The predicted octanol–water partition coefficient (Wildman–Crippen LogP) is 2.91. The summed E-state index contributed by atoms with van der Waals surface area (Å²) in [5.41, 5.74) is 1.21. The van der Waals surface area contributed by atoms with Crippen LogP contribution < -0.4 is 14.4 Å². The third-order valence-electron chi connectivity index (χ3n) is 4.53. The Bertz CT molecular complexity index is 670. The molecule has 0 spiro atoms. The summed E-state index contributed by atoms with van der Waals surface area (Å²) in [6.07, 6.45) is -0.516. The van der Waals surface area contributed by atoms with E-state index < -0.39 is 6.10 Å². The molecule has 0 saturated carbocycles. The molecule has 1 aliphatic rings. The van der Waals surface area contributed by atoms with Crippen LogP contribution in [0.25, 0.3) is 0 Å². The van der Waals surface area contributed by atoms with Crippen LogP contribution in [0.3, 0.4) is 0 Å². The maximum atomic E-state index is 10.2. The Hall–Kier alpha value is -1.95. The van der Waals surface area contributed by atoms with Gasteiger partial charge in [-0.1, -0.05) is 11.6 Å². The zero-order valence-corrected chi connectivity index (χ0v) is 15.7. The maximum Gasteiger partial charge on any atom is 0.119 e. The van der Waals surface area contributed by atoms with Gasteiger partial charge in [0.2, 0.25) is 0 Å². The van der Waals surface area contributed by atoms with E-state index in [-0.39, 0.29) is 6.61 Å². The van der Waals surface area contributed by atoms with E-state index in [1.165, 1.54) is 5.69 Å². The van der Waals surface area contributed by atoms with Gasteiger partial charge in [-0.25, -0.2) is 0 Å². The quantitative estimate of drug-likeness (QED) is 0.805. The molecule has 1 unspecified atom stereocenters. The minimum Gasteiger partial charge on any atom is -0.497 e. The fourth-order valence-electron chi connectivity index (χ4n) is 3.06. The summed E-state index contributed by atoms with van der Waals surface area (Å²) in [6.45, 7) is 4.62. The number of methoxy groups -OCH3 is 1. The third-order valence-corrected chi connectivity index (χ3v) is 4.79. The Balaban J connectivity index is 1.40. The average molecular weight is 377 g/mol. The molecule has 0 aromatic heterocycles. The topological polar surface area (TPSA) is 45.2 Å². The molecule has 2 aromatic rings. The van der Waals surface area contributed by atoms with Crippen LogP contribution in [0.15, 0.2) is 48.5 Å². The van der Waals surface area contributed by atoms with Gasteiger partial charge in [0.25, 0.3) is 0 Å². The summed E-state index contributed by atoms with van der Waals surface area (Å²) in [7, 11) is 1.68. The van der Waals surface area contributed by atoms with Crippen LogP contribution in [-0.4, -0.2) is 62.6 Å². The molecule has 5 nitrogen and oxygen atoms in total. The average Bonchev–Trinajstić information content (AvgIpc) is 2.68. The molecule has 2 aromatic carbocycles. The molecule has 6 heteroatoms. The molecular weight excluding hydrogens is 352 g/mol. The predicted molar refractivity (Wildman–Crippen MR) is 105 cm³/mol. The van der Waals surface area contributed by atoms with Crippen LogP contribution >= 0.6 is 11.6 Å². The number of anilines is 1. The van der Waals surface area contributed by atoms with Gasteiger partial charge in [0.1, 0.15) is 24.2 Å². The Morgan fingerprint density at radius 2 is 1.58 bits per heavy atom. The van der Waals surface area contributed by atoms with Gasteiger partial charge >= 0.3 is 0 Å². The lowest BCUT2D eigenvalue weighted by molar-refractivity contribution is 0.0663. The van der Waals surface area contributed by atoms with Crippen LogP contribution in [0.5, 0.6) is 11.5 Å². The molecule has 0 amide bonds. The minimum absolute atomic E-state index is 0.278. The van der Waals surface area contributed by atoms with E-state index in [1.54, 1.807) is 19.2 Å². The highest BCUT2D eigenvalue weighted by Gasteiger charge is 2.19. The first-order valence-corrected chi connectivity index (χ1v) is 9.19. The second-order valence-corrected chi connectivity index (χ2v) is 6.84. The molecule has 1 aliphatic heterocycles. The van der Waals surface area contributed by atoms with Gasteiger partial charge in [-0.15, -0.1) is 0 Å². The SMILES string of the molecule is COc1ccc(N2CCN(CC(O)COc3ccc(Cl)cc3)CC2)cc1. The lowest BCUT2D eigenvalue weighted by Crippen LogP contribution is -2.49. The summed E-state index contributed by atoms with van der Waals surface area (Å²) in [5, 5.41) is 10.9. The van der Waals surface area contributed by atoms with Gasteiger partial charge < -0.3 is 19.5 Å². The number of aliphatic hydroxyl groups is 1. The van der Waals surface area contributed by atoms with E-state index in [4.69, 9.17) is 21.1 Å². The second-order valence-electron chi connectivity index (χ2n) is 6.40. The van der Waals surface area contributed by atoms with Crippen molar-refractivity contribution in [3.05, 3.63) is 53.6 Å². The van der Waals surface area contributed by atoms with Crippen molar-refractivity contribution < 1.29 is 14.6 Å². The van der Waals surface area contributed by atoms with Gasteiger partial charge in [0, 0.05) is 43.4 Å². The third kappa shape index (κ3) is 5.27. The van der Waals surface area contributed by atoms with Crippen molar-refractivity contribution in [2.24, 2.45) is 0 Å². The number of benzene rings is 2. The highest BCUT2D eigenvalue weighted by atomic mass is 35.5. The number of hydrogen-bond donors (Lipinski definition) is 1. The van der Waals surface area contributed by atoms with Crippen molar-refractivity contribution in [1.29, 1.82) is 0 Å².